The Balaban J connectivity index is 1.80. The van der Waals surface area contributed by atoms with Crippen LogP contribution in [0.25, 0.3) is 16.4 Å². The number of ether oxygens (including phenoxy) is 2. The number of para-hydroxylation sites is 2. The van der Waals surface area contributed by atoms with Crippen LogP contribution in [0.15, 0.2) is 48.5 Å². The number of hydrogen-bond acceptors (Lipinski definition) is 5. The monoisotopic (exact) mass is 388 g/mol. The summed E-state index contributed by atoms with van der Waals surface area (Å²) in [7, 11) is 1.54. The second-order valence-electron chi connectivity index (χ2n) is 6.09. The van der Waals surface area contributed by atoms with Crippen LogP contribution in [0.1, 0.15) is 11.3 Å². The lowest BCUT2D eigenvalue weighted by Crippen LogP contribution is -2.18. The topological polar surface area (TPSA) is 74.7 Å². The molecule has 4 rings (SSSR count). The van der Waals surface area contributed by atoms with Gasteiger partial charge in [0.15, 0.2) is 0 Å². The number of benzene rings is 2. The van der Waals surface area contributed by atoms with Crippen molar-refractivity contribution in [3.63, 3.8) is 0 Å². The Labute approximate surface area is 157 Å². The van der Waals surface area contributed by atoms with Crippen LogP contribution in [0.2, 0.25) is 0 Å². The second-order valence-corrected chi connectivity index (χ2v) is 6.09. The van der Waals surface area contributed by atoms with Gasteiger partial charge in [-0.05, 0) is 18.2 Å². The van der Waals surface area contributed by atoms with Gasteiger partial charge in [0, 0.05) is 17.4 Å². The SMILES string of the molecule is COc1cccc2c1nc(N)n1nc(Cc3ccccc3OC(F)(F)F)cc21. The summed E-state index contributed by atoms with van der Waals surface area (Å²) in [6.45, 7) is 0. The summed E-state index contributed by atoms with van der Waals surface area (Å²) in [6.07, 6.45) is -4.63. The Kier molecular flexibility index (Phi) is 4.21. The molecule has 0 amide bonds. The fraction of sp³-hybridized carbons (Fsp3) is 0.158. The van der Waals surface area contributed by atoms with E-state index in [1.54, 1.807) is 24.3 Å². The molecule has 0 aliphatic rings. The molecule has 6 nitrogen and oxygen atoms in total. The van der Waals surface area contributed by atoms with Gasteiger partial charge in [0.1, 0.15) is 17.0 Å². The van der Waals surface area contributed by atoms with Crippen LogP contribution < -0.4 is 15.2 Å². The van der Waals surface area contributed by atoms with Crippen molar-refractivity contribution >= 4 is 22.4 Å². The first-order chi connectivity index (χ1) is 13.4. The van der Waals surface area contributed by atoms with Crippen LogP contribution in [-0.4, -0.2) is 28.1 Å². The molecule has 0 aliphatic heterocycles. The van der Waals surface area contributed by atoms with Crippen molar-refractivity contribution in [1.29, 1.82) is 0 Å². The van der Waals surface area contributed by atoms with Crippen LogP contribution in [0.4, 0.5) is 19.1 Å². The zero-order chi connectivity index (χ0) is 19.9. The first-order valence-corrected chi connectivity index (χ1v) is 8.30. The molecule has 0 saturated heterocycles. The average Bonchev–Trinajstić information content (AvgIpc) is 3.07. The number of hydrogen-bond donors (Lipinski definition) is 1. The highest BCUT2D eigenvalue weighted by molar-refractivity contribution is 5.97. The van der Waals surface area contributed by atoms with Crippen molar-refractivity contribution in [3.05, 3.63) is 59.8 Å². The summed E-state index contributed by atoms with van der Waals surface area (Å²) in [5.74, 6) is 0.459. The van der Waals surface area contributed by atoms with E-state index in [0.29, 0.717) is 28.0 Å². The molecular formula is C19H15F3N4O2. The largest absolute Gasteiger partial charge is 0.573 e. The van der Waals surface area contributed by atoms with E-state index >= 15 is 0 Å². The van der Waals surface area contributed by atoms with E-state index in [4.69, 9.17) is 10.5 Å². The highest BCUT2D eigenvalue weighted by Crippen LogP contribution is 2.31. The maximum atomic E-state index is 12.6. The van der Waals surface area contributed by atoms with Gasteiger partial charge in [0.2, 0.25) is 5.95 Å². The molecule has 2 aromatic heterocycles. The van der Waals surface area contributed by atoms with E-state index in [9.17, 15) is 13.2 Å². The number of aromatic nitrogens is 3. The van der Waals surface area contributed by atoms with Crippen molar-refractivity contribution in [2.75, 3.05) is 12.8 Å². The van der Waals surface area contributed by atoms with Gasteiger partial charge in [-0.2, -0.15) is 9.61 Å². The van der Waals surface area contributed by atoms with Gasteiger partial charge >= 0.3 is 6.36 Å². The molecule has 0 saturated carbocycles. The minimum atomic E-state index is -4.77. The summed E-state index contributed by atoms with van der Waals surface area (Å²) in [5.41, 5.74) is 8.18. The lowest BCUT2D eigenvalue weighted by atomic mass is 10.1. The zero-order valence-electron chi connectivity index (χ0n) is 14.7. The van der Waals surface area contributed by atoms with Crippen LogP contribution >= 0.6 is 0 Å². The number of anilines is 1. The molecule has 0 atom stereocenters. The Morgan fingerprint density at radius 1 is 1.07 bits per heavy atom. The molecule has 2 aromatic carbocycles. The summed E-state index contributed by atoms with van der Waals surface area (Å²) in [5, 5.41) is 5.17. The van der Waals surface area contributed by atoms with Gasteiger partial charge in [0.05, 0.1) is 18.3 Å². The number of methoxy groups -OCH3 is 1. The number of halogens is 3. The van der Waals surface area contributed by atoms with Crippen molar-refractivity contribution in [2.24, 2.45) is 0 Å². The second kappa shape index (κ2) is 6.59. The predicted octanol–water partition coefficient (Wildman–Crippen LogP) is 3.96. The highest BCUT2D eigenvalue weighted by Gasteiger charge is 2.32. The van der Waals surface area contributed by atoms with Gasteiger partial charge in [-0.15, -0.1) is 13.2 Å². The lowest BCUT2D eigenvalue weighted by Gasteiger charge is -2.12. The standard InChI is InChI=1S/C19H15F3N4O2/c1-27-16-8-4-6-13-14-10-12(25-26(14)18(23)24-17(13)16)9-11-5-2-3-7-15(11)28-19(20,21)22/h2-8,10H,9H2,1H3,(H2,23,24). The third-order valence-corrected chi connectivity index (χ3v) is 4.27. The van der Waals surface area contributed by atoms with Crippen LogP contribution in [0, 0.1) is 0 Å². The Hall–Kier alpha value is -3.49. The molecule has 144 valence electrons. The minimum Gasteiger partial charge on any atom is -0.494 e. The van der Waals surface area contributed by atoms with E-state index in [0.717, 1.165) is 5.39 Å². The zero-order valence-corrected chi connectivity index (χ0v) is 14.7. The smallest absolute Gasteiger partial charge is 0.494 e. The van der Waals surface area contributed by atoms with Crippen LogP contribution in [0.3, 0.4) is 0 Å². The maximum Gasteiger partial charge on any atom is 0.573 e. The minimum absolute atomic E-state index is 0.138. The van der Waals surface area contributed by atoms with E-state index in [1.165, 1.54) is 23.8 Å². The molecule has 2 heterocycles. The maximum absolute atomic E-state index is 12.6. The van der Waals surface area contributed by atoms with E-state index in [2.05, 4.69) is 14.8 Å². The quantitative estimate of drug-likeness (QED) is 0.573. The first-order valence-electron chi connectivity index (χ1n) is 8.30. The van der Waals surface area contributed by atoms with Crippen molar-refractivity contribution in [2.45, 2.75) is 12.8 Å². The normalized spacial score (nSPS) is 11.9. The lowest BCUT2D eigenvalue weighted by molar-refractivity contribution is -0.274. The number of nitrogen functional groups attached to an aromatic ring is 1. The molecule has 9 heteroatoms. The molecule has 0 aliphatic carbocycles. The highest BCUT2D eigenvalue weighted by atomic mass is 19.4. The van der Waals surface area contributed by atoms with E-state index in [1.807, 2.05) is 12.1 Å². The Morgan fingerprint density at radius 3 is 2.57 bits per heavy atom. The first kappa shape index (κ1) is 17.9. The molecule has 0 bridgehead atoms. The third-order valence-electron chi connectivity index (χ3n) is 4.27. The molecule has 0 fully saturated rings. The Bertz CT molecular complexity index is 1170. The summed E-state index contributed by atoms with van der Waals surface area (Å²) >= 11 is 0. The summed E-state index contributed by atoms with van der Waals surface area (Å²) in [4.78, 5) is 4.34. The number of rotatable bonds is 4. The van der Waals surface area contributed by atoms with Gasteiger partial charge in [-0.25, -0.2) is 4.98 Å². The van der Waals surface area contributed by atoms with Crippen molar-refractivity contribution < 1.29 is 22.6 Å². The fourth-order valence-electron chi connectivity index (χ4n) is 3.12. The van der Waals surface area contributed by atoms with Gasteiger partial charge in [-0.1, -0.05) is 30.3 Å². The van der Waals surface area contributed by atoms with Crippen LogP contribution in [-0.2, 0) is 6.42 Å². The molecule has 0 unspecified atom stereocenters. The molecular weight excluding hydrogens is 373 g/mol. The fourth-order valence-corrected chi connectivity index (χ4v) is 3.12. The van der Waals surface area contributed by atoms with E-state index < -0.39 is 6.36 Å². The third kappa shape index (κ3) is 3.26. The van der Waals surface area contributed by atoms with Gasteiger partial charge in [-0.3, -0.25) is 0 Å². The molecule has 0 spiro atoms. The van der Waals surface area contributed by atoms with Gasteiger partial charge in [0.25, 0.3) is 0 Å². The number of alkyl halides is 3. The predicted molar refractivity (Wildman–Crippen MR) is 97.4 cm³/mol. The number of nitrogens with two attached hydrogens (primary N) is 1. The summed E-state index contributed by atoms with van der Waals surface area (Å²) < 4.78 is 48.8. The molecule has 4 aromatic rings. The van der Waals surface area contributed by atoms with Gasteiger partial charge < -0.3 is 15.2 Å². The molecule has 28 heavy (non-hydrogen) atoms. The Morgan fingerprint density at radius 2 is 1.82 bits per heavy atom. The van der Waals surface area contributed by atoms with Crippen molar-refractivity contribution in [3.8, 4) is 11.5 Å². The number of fused-ring (bicyclic) bond motifs is 3. The van der Waals surface area contributed by atoms with Crippen LogP contribution in [0.5, 0.6) is 11.5 Å². The average molecular weight is 388 g/mol. The molecule has 0 radical (unpaired) electrons. The van der Waals surface area contributed by atoms with E-state index in [-0.39, 0.29) is 18.1 Å². The summed E-state index contributed by atoms with van der Waals surface area (Å²) in [6, 6.07) is 13.2. The molecule has 2 N–H and O–H groups in total. The number of nitrogens with zero attached hydrogens (tertiary/aromatic N) is 3. The van der Waals surface area contributed by atoms with Crippen molar-refractivity contribution in [1.82, 2.24) is 14.6 Å².